The Kier molecular flexibility index (Phi) is 2.18. The Hall–Kier alpha value is -0.730. The zero-order valence-corrected chi connectivity index (χ0v) is 8.27. The lowest BCUT2D eigenvalue weighted by molar-refractivity contribution is 0.269. The second-order valence-corrected chi connectivity index (χ2v) is 3.79. The van der Waals surface area contributed by atoms with Crippen LogP contribution in [0.1, 0.15) is 23.6 Å². The van der Waals surface area contributed by atoms with Gasteiger partial charge in [0.15, 0.2) is 0 Å². The van der Waals surface area contributed by atoms with Crippen LogP contribution in [-0.4, -0.2) is 6.61 Å². The van der Waals surface area contributed by atoms with Crippen molar-refractivity contribution in [1.82, 2.24) is 0 Å². The maximum atomic E-state index is 5.97. The Bertz CT molecular complexity index is 338. The molecule has 1 unspecified atom stereocenters. The van der Waals surface area contributed by atoms with Crippen molar-refractivity contribution in [3.63, 3.8) is 0 Å². The van der Waals surface area contributed by atoms with Gasteiger partial charge >= 0.3 is 0 Å². The van der Waals surface area contributed by atoms with Gasteiger partial charge < -0.3 is 10.5 Å². The molecule has 2 N–H and O–H groups in total. The van der Waals surface area contributed by atoms with Gasteiger partial charge in [0.1, 0.15) is 5.75 Å². The maximum absolute atomic E-state index is 5.97. The fraction of sp³-hybridized carbons (Fsp3) is 0.400. The van der Waals surface area contributed by atoms with E-state index in [2.05, 4.69) is 0 Å². The first kappa shape index (κ1) is 8.85. The van der Waals surface area contributed by atoms with Gasteiger partial charge in [0.25, 0.3) is 0 Å². The molecule has 1 atom stereocenters. The summed E-state index contributed by atoms with van der Waals surface area (Å²) in [5.41, 5.74) is 8.08. The molecule has 1 heterocycles. The molecule has 1 aliphatic rings. The van der Waals surface area contributed by atoms with E-state index in [1.807, 2.05) is 19.1 Å². The Morgan fingerprint density at radius 3 is 3.08 bits per heavy atom. The van der Waals surface area contributed by atoms with Crippen LogP contribution < -0.4 is 10.5 Å². The van der Waals surface area contributed by atoms with Crippen molar-refractivity contribution in [2.75, 3.05) is 6.61 Å². The fourth-order valence-corrected chi connectivity index (χ4v) is 1.71. The van der Waals surface area contributed by atoms with E-state index in [0.29, 0.717) is 6.61 Å². The Labute approximate surface area is 82.6 Å². The van der Waals surface area contributed by atoms with Crippen molar-refractivity contribution >= 4 is 11.6 Å². The predicted octanol–water partition coefficient (Wildman–Crippen LogP) is 2.43. The lowest BCUT2D eigenvalue weighted by Crippen LogP contribution is -2.20. The highest BCUT2D eigenvalue weighted by Gasteiger charge is 2.18. The van der Waals surface area contributed by atoms with Crippen molar-refractivity contribution in [3.8, 4) is 5.75 Å². The summed E-state index contributed by atoms with van der Waals surface area (Å²) in [7, 11) is 0. The predicted molar refractivity (Wildman–Crippen MR) is 53.2 cm³/mol. The van der Waals surface area contributed by atoms with Crippen LogP contribution in [0, 0.1) is 6.92 Å². The van der Waals surface area contributed by atoms with E-state index >= 15 is 0 Å². The molecule has 0 radical (unpaired) electrons. The highest BCUT2D eigenvalue weighted by Crippen LogP contribution is 2.34. The molecule has 0 aromatic heterocycles. The number of fused-ring (bicyclic) bond motifs is 1. The molecule has 0 bridgehead atoms. The van der Waals surface area contributed by atoms with Crippen LogP contribution in [0.5, 0.6) is 5.75 Å². The number of hydrogen-bond acceptors (Lipinski definition) is 2. The van der Waals surface area contributed by atoms with Gasteiger partial charge in [-0.25, -0.2) is 0 Å². The summed E-state index contributed by atoms with van der Waals surface area (Å²) in [4.78, 5) is 0. The third-order valence-corrected chi connectivity index (χ3v) is 2.78. The molecule has 1 aromatic rings. The minimum Gasteiger partial charge on any atom is -0.493 e. The van der Waals surface area contributed by atoms with Crippen molar-refractivity contribution in [3.05, 3.63) is 28.3 Å². The minimum atomic E-state index is 0.0970. The van der Waals surface area contributed by atoms with E-state index in [1.165, 1.54) is 0 Å². The largest absolute Gasteiger partial charge is 0.493 e. The van der Waals surface area contributed by atoms with Gasteiger partial charge in [-0.1, -0.05) is 11.6 Å². The lowest BCUT2D eigenvalue weighted by Gasteiger charge is -2.23. The SMILES string of the molecule is Cc1cc2c(cc1Cl)OCCC2N. The van der Waals surface area contributed by atoms with Crippen LogP contribution in [0.2, 0.25) is 5.02 Å². The summed E-state index contributed by atoms with van der Waals surface area (Å²) in [6.45, 7) is 2.66. The molecule has 0 saturated heterocycles. The number of halogens is 1. The quantitative estimate of drug-likeness (QED) is 0.694. The summed E-state index contributed by atoms with van der Waals surface area (Å²) in [6.07, 6.45) is 0.883. The van der Waals surface area contributed by atoms with Crippen molar-refractivity contribution in [2.24, 2.45) is 5.73 Å². The Balaban J connectivity index is 2.52. The van der Waals surface area contributed by atoms with Crippen LogP contribution in [0.25, 0.3) is 0 Å². The fourth-order valence-electron chi connectivity index (χ4n) is 1.55. The van der Waals surface area contributed by atoms with E-state index in [9.17, 15) is 0 Å². The molecule has 1 aromatic carbocycles. The van der Waals surface area contributed by atoms with Crippen molar-refractivity contribution in [2.45, 2.75) is 19.4 Å². The van der Waals surface area contributed by atoms with Crippen molar-refractivity contribution < 1.29 is 4.74 Å². The monoisotopic (exact) mass is 197 g/mol. The first-order valence-electron chi connectivity index (χ1n) is 4.37. The second kappa shape index (κ2) is 3.20. The van der Waals surface area contributed by atoms with Gasteiger partial charge in [0.05, 0.1) is 6.61 Å². The zero-order valence-electron chi connectivity index (χ0n) is 7.51. The first-order chi connectivity index (χ1) is 6.18. The third kappa shape index (κ3) is 1.52. The van der Waals surface area contributed by atoms with Gasteiger partial charge in [-0.05, 0) is 24.6 Å². The molecular formula is C10H12ClNO. The average Bonchev–Trinajstić information content (AvgIpc) is 2.09. The molecule has 3 heteroatoms. The molecule has 0 spiro atoms. The Morgan fingerprint density at radius 2 is 2.31 bits per heavy atom. The van der Waals surface area contributed by atoms with Gasteiger partial charge in [-0.15, -0.1) is 0 Å². The van der Waals surface area contributed by atoms with Gasteiger partial charge in [-0.3, -0.25) is 0 Å². The highest BCUT2D eigenvalue weighted by molar-refractivity contribution is 6.31. The molecule has 0 aliphatic carbocycles. The number of hydrogen-bond donors (Lipinski definition) is 1. The summed E-state index contributed by atoms with van der Waals surface area (Å²) in [6, 6.07) is 3.96. The molecule has 0 fully saturated rings. The highest BCUT2D eigenvalue weighted by atomic mass is 35.5. The van der Waals surface area contributed by atoms with E-state index in [-0.39, 0.29) is 6.04 Å². The summed E-state index contributed by atoms with van der Waals surface area (Å²) in [5, 5.41) is 0.743. The second-order valence-electron chi connectivity index (χ2n) is 3.38. The standard InChI is InChI=1S/C10H12ClNO/c1-6-4-7-9(12)2-3-13-10(7)5-8(6)11/h4-5,9H,2-3,12H2,1H3. The molecule has 0 amide bonds. The van der Waals surface area contributed by atoms with E-state index in [4.69, 9.17) is 22.1 Å². The van der Waals surface area contributed by atoms with E-state index < -0.39 is 0 Å². The zero-order chi connectivity index (χ0) is 9.42. The van der Waals surface area contributed by atoms with E-state index in [1.54, 1.807) is 0 Å². The smallest absolute Gasteiger partial charge is 0.125 e. The number of nitrogens with two attached hydrogens (primary N) is 1. The molecule has 2 rings (SSSR count). The molecule has 2 nitrogen and oxygen atoms in total. The summed E-state index contributed by atoms with van der Waals surface area (Å²) < 4.78 is 5.47. The molecule has 13 heavy (non-hydrogen) atoms. The van der Waals surface area contributed by atoms with Gasteiger partial charge in [0, 0.05) is 23.0 Å². The molecule has 0 saturated carbocycles. The van der Waals surface area contributed by atoms with Crippen LogP contribution >= 0.6 is 11.6 Å². The Morgan fingerprint density at radius 1 is 1.54 bits per heavy atom. The number of rotatable bonds is 0. The lowest BCUT2D eigenvalue weighted by atomic mass is 9.99. The number of ether oxygens (including phenoxy) is 1. The summed E-state index contributed by atoms with van der Waals surface area (Å²) in [5.74, 6) is 0.842. The first-order valence-corrected chi connectivity index (χ1v) is 4.74. The van der Waals surface area contributed by atoms with E-state index in [0.717, 1.165) is 28.3 Å². The van der Waals surface area contributed by atoms with Gasteiger partial charge in [0.2, 0.25) is 0 Å². The number of benzene rings is 1. The van der Waals surface area contributed by atoms with Crippen LogP contribution in [-0.2, 0) is 0 Å². The minimum absolute atomic E-state index is 0.0970. The van der Waals surface area contributed by atoms with Crippen molar-refractivity contribution in [1.29, 1.82) is 0 Å². The third-order valence-electron chi connectivity index (χ3n) is 2.38. The molecule has 1 aliphatic heterocycles. The van der Waals surface area contributed by atoms with Crippen LogP contribution in [0.3, 0.4) is 0 Å². The maximum Gasteiger partial charge on any atom is 0.125 e. The van der Waals surface area contributed by atoms with Gasteiger partial charge in [-0.2, -0.15) is 0 Å². The normalized spacial score (nSPS) is 20.7. The summed E-state index contributed by atoms with van der Waals surface area (Å²) >= 11 is 5.97. The van der Waals surface area contributed by atoms with Crippen LogP contribution in [0.15, 0.2) is 12.1 Å². The average molecular weight is 198 g/mol. The topological polar surface area (TPSA) is 35.2 Å². The molecule has 70 valence electrons. The molecular weight excluding hydrogens is 186 g/mol. The van der Waals surface area contributed by atoms with Crippen LogP contribution in [0.4, 0.5) is 0 Å². The number of aryl methyl sites for hydroxylation is 1.